The van der Waals surface area contributed by atoms with Crippen LogP contribution in [0, 0.1) is 36.5 Å². The normalized spacial score (nSPS) is 28.9. The first-order chi connectivity index (χ1) is 9.36. The Morgan fingerprint density at radius 3 is 2.60 bits per heavy atom. The molecular weight excluding hydrogens is 246 g/mol. The van der Waals surface area contributed by atoms with Crippen LogP contribution in [0.4, 0.5) is 0 Å². The molecule has 1 fully saturated rings. The van der Waals surface area contributed by atoms with Crippen molar-refractivity contribution in [3.63, 3.8) is 0 Å². The molecule has 1 aromatic rings. The Bertz CT molecular complexity index is 541. The third-order valence-electron chi connectivity index (χ3n) is 5.41. The van der Waals surface area contributed by atoms with Gasteiger partial charge in [0.1, 0.15) is 5.60 Å². The Morgan fingerprint density at radius 1 is 1.40 bits per heavy atom. The molecule has 3 unspecified atom stereocenters. The number of hydrogen-bond acceptors (Lipinski definition) is 2. The monoisotopic (exact) mass is 271 g/mol. The van der Waals surface area contributed by atoms with Crippen LogP contribution in [0.15, 0.2) is 18.2 Å². The van der Waals surface area contributed by atoms with Crippen LogP contribution >= 0.6 is 0 Å². The molecule has 2 rings (SSSR count). The Hall–Kier alpha value is -1.33. The predicted octanol–water partition coefficient (Wildman–Crippen LogP) is 4.23. The van der Waals surface area contributed by atoms with Crippen molar-refractivity contribution >= 4 is 0 Å². The second kappa shape index (κ2) is 5.22. The number of nitrogens with zero attached hydrogens (tertiary/aromatic N) is 1. The van der Waals surface area contributed by atoms with Crippen molar-refractivity contribution in [1.29, 1.82) is 5.26 Å². The van der Waals surface area contributed by atoms with E-state index in [0.29, 0.717) is 5.92 Å². The Morgan fingerprint density at radius 2 is 2.10 bits per heavy atom. The summed E-state index contributed by atoms with van der Waals surface area (Å²) in [5, 5.41) is 20.9. The van der Waals surface area contributed by atoms with Crippen LogP contribution in [-0.4, -0.2) is 5.11 Å². The van der Waals surface area contributed by atoms with E-state index in [1.807, 2.05) is 25.1 Å². The van der Waals surface area contributed by atoms with Crippen LogP contribution in [0.2, 0.25) is 0 Å². The van der Waals surface area contributed by atoms with E-state index >= 15 is 0 Å². The van der Waals surface area contributed by atoms with Gasteiger partial charge in [-0.2, -0.15) is 5.26 Å². The topological polar surface area (TPSA) is 44.0 Å². The first-order valence-corrected chi connectivity index (χ1v) is 7.57. The summed E-state index contributed by atoms with van der Waals surface area (Å²) in [5.41, 5.74) is 1.53. The maximum atomic E-state index is 11.1. The lowest BCUT2D eigenvalue weighted by molar-refractivity contribution is -0.0442. The van der Waals surface area contributed by atoms with Crippen molar-refractivity contribution in [2.75, 3.05) is 0 Å². The molecule has 0 bridgehead atoms. The van der Waals surface area contributed by atoms with E-state index in [4.69, 9.17) is 0 Å². The zero-order valence-electron chi connectivity index (χ0n) is 13.0. The summed E-state index contributed by atoms with van der Waals surface area (Å²) in [4.78, 5) is 0. The van der Waals surface area contributed by atoms with Crippen LogP contribution in [0.25, 0.3) is 0 Å². The molecule has 2 heteroatoms. The van der Waals surface area contributed by atoms with Gasteiger partial charge < -0.3 is 5.11 Å². The molecule has 0 aromatic heterocycles. The van der Waals surface area contributed by atoms with Crippen molar-refractivity contribution in [3.05, 3.63) is 34.9 Å². The summed E-state index contributed by atoms with van der Waals surface area (Å²) < 4.78 is 0. The Balaban J connectivity index is 2.42. The fourth-order valence-corrected chi connectivity index (χ4v) is 3.47. The molecule has 1 aliphatic carbocycles. The lowest BCUT2D eigenvalue weighted by Gasteiger charge is -2.38. The number of aliphatic hydroxyl groups is 1. The molecule has 108 valence electrons. The van der Waals surface area contributed by atoms with Gasteiger partial charge in [0.2, 0.25) is 0 Å². The van der Waals surface area contributed by atoms with Gasteiger partial charge in [-0.25, -0.2) is 0 Å². The summed E-state index contributed by atoms with van der Waals surface area (Å²) in [6.07, 6.45) is 3.74. The highest BCUT2D eigenvalue weighted by Crippen LogP contribution is 2.53. The minimum atomic E-state index is -1.08. The van der Waals surface area contributed by atoms with Crippen LogP contribution in [0.1, 0.15) is 56.2 Å². The molecule has 2 nitrogen and oxygen atoms in total. The van der Waals surface area contributed by atoms with Crippen LogP contribution in [-0.2, 0) is 5.60 Å². The number of benzene rings is 1. The smallest absolute Gasteiger partial charge is 0.105 e. The largest absolute Gasteiger partial charge is 0.384 e. The fraction of sp³-hybridized carbons (Fsp3) is 0.611. The average Bonchev–Trinajstić information content (AvgIpc) is 2.87. The molecule has 0 radical (unpaired) electrons. The van der Waals surface area contributed by atoms with Crippen LogP contribution in [0.3, 0.4) is 0 Å². The van der Waals surface area contributed by atoms with Gasteiger partial charge in [0.05, 0.1) is 11.5 Å². The zero-order chi connectivity index (χ0) is 15.0. The minimum absolute atomic E-state index is 0.563. The highest BCUT2D eigenvalue weighted by atomic mass is 16.3. The Kier molecular flexibility index (Phi) is 3.93. The molecule has 0 aliphatic heterocycles. The first kappa shape index (κ1) is 15.1. The molecule has 0 spiro atoms. The average molecular weight is 271 g/mol. The van der Waals surface area contributed by atoms with Crippen molar-refractivity contribution in [2.24, 2.45) is 11.3 Å². The van der Waals surface area contributed by atoms with E-state index in [0.717, 1.165) is 31.2 Å². The second-order valence-corrected chi connectivity index (χ2v) is 6.58. The van der Waals surface area contributed by atoms with Crippen LogP contribution < -0.4 is 0 Å². The predicted molar refractivity (Wildman–Crippen MR) is 81.2 cm³/mol. The maximum absolute atomic E-state index is 11.1. The molecular formula is C18H25NO. The molecule has 1 aromatic carbocycles. The van der Waals surface area contributed by atoms with E-state index in [1.165, 1.54) is 11.1 Å². The summed E-state index contributed by atoms with van der Waals surface area (Å²) >= 11 is 0. The molecule has 3 atom stereocenters. The number of rotatable bonds is 3. The van der Waals surface area contributed by atoms with Gasteiger partial charge in [0, 0.05) is 0 Å². The lowest BCUT2D eigenvalue weighted by Crippen LogP contribution is -2.41. The van der Waals surface area contributed by atoms with Crippen molar-refractivity contribution in [1.82, 2.24) is 0 Å². The molecule has 1 aliphatic rings. The Labute approximate surface area is 122 Å². The van der Waals surface area contributed by atoms with Crippen molar-refractivity contribution in [3.8, 4) is 6.07 Å². The summed E-state index contributed by atoms with van der Waals surface area (Å²) in [6, 6.07) is 8.51. The van der Waals surface area contributed by atoms with Crippen molar-refractivity contribution in [2.45, 2.75) is 59.0 Å². The van der Waals surface area contributed by atoms with E-state index in [9.17, 15) is 10.4 Å². The molecule has 1 N–H and O–H groups in total. The zero-order valence-corrected chi connectivity index (χ0v) is 13.0. The highest BCUT2D eigenvalue weighted by molar-refractivity contribution is 5.36. The number of nitriles is 1. The summed E-state index contributed by atoms with van der Waals surface area (Å²) in [7, 11) is 0. The lowest BCUT2D eigenvalue weighted by atomic mass is 9.68. The van der Waals surface area contributed by atoms with E-state index < -0.39 is 11.0 Å². The second-order valence-electron chi connectivity index (χ2n) is 6.58. The SMILES string of the molecule is CCC1CCC(C#N)(C(C)(O)c2ccc(C)c(C)c2)C1. The molecule has 0 heterocycles. The number of aryl methyl sites for hydroxylation is 2. The quantitative estimate of drug-likeness (QED) is 0.894. The molecule has 1 saturated carbocycles. The molecule has 0 amide bonds. The molecule has 0 saturated heterocycles. The minimum Gasteiger partial charge on any atom is -0.384 e. The van der Waals surface area contributed by atoms with E-state index in [2.05, 4.69) is 26.8 Å². The van der Waals surface area contributed by atoms with Gasteiger partial charge in [-0.1, -0.05) is 31.5 Å². The van der Waals surface area contributed by atoms with Crippen LogP contribution in [0.5, 0.6) is 0 Å². The van der Waals surface area contributed by atoms with E-state index in [1.54, 1.807) is 0 Å². The van der Waals surface area contributed by atoms with Crippen molar-refractivity contribution < 1.29 is 5.11 Å². The third-order valence-corrected chi connectivity index (χ3v) is 5.41. The number of hydrogen-bond donors (Lipinski definition) is 1. The van der Waals surface area contributed by atoms with E-state index in [-0.39, 0.29) is 0 Å². The van der Waals surface area contributed by atoms with Gasteiger partial charge in [-0.15, -0.1) is 0 Å². The van der Waals surface area contributed by atoms with Gasteiger partial charge in [0.15, 0.2) is 0 Å². The van der Waals surface area contributed by atoms with Gasteiger partial charge in [-0.3, -0.25) is 0 Å². The summed E-state index contributed by atoms with van der Waals surface area (Å²) in [6.45, 7) is 8.11. The highest BCUT2D eigenvalue weighted by Gasteiger charge is 2.52. The van der Waals surface area contributed by atoms with Gasteiger partial charge >= 0.3 is 0 Å². The molecule has 20 heavy (non-hydrogen) atoms. The van der Waals surface area contributed by atoms with Gasteiger partial charge in [-0.05, 0) is 62.6 Å². The summed E-state index contributed by atoms with van der Waals surface area (Å²) in [5.74, 6) is 0.563. The van der Waals surface area contributed by atoms with Gasteiger partial charge in [0.25, 0.3) is 0 Å². The maximum Gasteiger partial charge on any atom is 0.105 e. The third kappa shape index (κ3) is 2.25. The fourth-order valence-electron chi connectivity index (χ4n) is 3.47. The first-order valence-electron chi connectivity index (χ1n) is 7.57. The standard InChI is InChI=1S/C18H25NO/c1-5-15-8-9-18(11-15,12-19)17(4,20)16-7-6-13(2)14(3)10-16/h6-7,10,15,20H,5,8-9,11H2,1-4H3.